The number of para-hydroxylation sites is 4. The van der Waals surface area contributed by atoms with Crippen molar-refractivity contribution in [1.82, 2.24) is 9.13 Å². The maximum atomic E-state index is 10.6. The summed E-state index contributed by atoms with van der Waals surface area (Å²) in [7, 11) is 0. The summed E-state index contributed by atoms with van der Waals surface area (Å²) < 4.78 is 17.0. The molecule has 0 bridgehead atoms. The zero-order valence-corrected chi connectivity index (χ0v) is 29.6. The molecule has 0 aliphatic carbocycles. The lowest BCUT2D eigenvalue weighted by molar-refractivity contribution is 0.669. The van der Waals surface area contributed by atoms with Crippen molar-refractivity contribution in [2.24, 2.45) is 0 Å². The Bertz CT molecular complexity index is 3500. The van der Waals surface area contributed by atoms with Crippen molar-refractivity contribution in [3.8, 4) is 28.6 Å². The quantitative estimate of drug-likeness (QED) is 0.171. The van der Waals surface area contributed by atoms with Gasteiger partial charge in [-0.3, -0.25) is 0 Å². The molecule has 0 aliphatic rings. The van der Waals surface area contributed by atoms with Crippen molar-refractivity contribution in [2.45, 2.75) is 0 Å². The summed E-state index contributed by atoms with van der Waals surface area (Å²) in [5, 5.41) is 19.4. The smallest absolute Gasteiger partial charge is 0.197 e. The van der Waals surface area contributed by atoms with Gasteiger partial charge in [0, 0.05) is 66.6 Å². The first-order valence-electron chi connectivity index (χ1n) is 18.4. The Morgan fingerprint density at radius 2 is 0.911 bits per heavy atom. The van der Waals surface area contributed by atoms with Crippen molar-refractivity contribution in [3.63, 3.8) is 0 Å². The maximum absolute atomic E-state index is 10.6. The minimum Gasteiger partial charge on any atom is -0.456 e. The third-order valence-corrected chi connectivity index (χ3v) is 11.4. The van der Waals surface area contributed by atoms with Gasteiger partial charge in [0.2, 0.25) is 0 Å². The molecule has 0 fully saturated rings. The largest absolute Gasteiger partial charge is 0.456 e. The molecular weight excluding hydrogens is 689 g/mol. The standard InChI is InChI=1S/C50H26N4O2/c1-52-42-23-31(54-44-15-7-3-11-35(44)39-25-41-37-13-5-9-17-48(37)56-50(41)27-46(39)54)19-21-33(42)32-20-18-30(22-29(32)28-51)53-43-14-6-2-10-34(43)38-24-40-36-12-4-8-16-47(36)55-49(40)26-45(38)53/h2-27H. The van der Waals surface area contributed by atoms with Crippen LogP contribution in [0.4, 0.5) is 5.69 Å². The van der Waals surface area contributed by atoms with Crippen LogP contribution in [0.2, 0.25) is 0 Å². The lowest BCUT2D eigenvalue weighted by atomic mass is 9.97. The third kappa shape index (κ3) is 4.13. The molecule has 8 aromatic carbocycles. The van der Waals surface area contributed by atoms with Gasteiger partial charge in [-0.25, -0.2) is 4.85 Å². The predicted octanol–water partition coefficient (Wildman–Crippen LogP) is 13.8. The van der Waals surface area contributed by atoms with Crippen LogP contribution in [0.1, 0.15) is 5.56 Å². The van der Waals surface area contributed by atoms with E-state index in [1.54, 1.807) is 0 Å². The highest BCUT2D eigenvalue weighted by Crippen LogP contribution is 2.42. The average molecular weight is 715 g/mol. The molecule has 0 amide bonds. The number of fused-ring (bicyclic) bond motifs is 12. The zero-order valence-electron chi connectivity index (χ0n) is 29.6. The highest BCUT2D eigenvalue weighted by molar-refractivity contribution is 6.19. The summed E-state index contributed by atoms with van der Waals surface area (Å²) in [6, 6.07) is 55.9. The van der Waals surface area contributed by atoms with Crippen molar-refractivity contribution in [3.05, 3.63) is 175 Å². The fourth-order valence-electron chi connectivity index (χ4n) is 8.91. The van der Waals surface area contributed by atoms with E-state index < -0.39 is 0 Å². The molecule has 0 saturated heterocycles. The van der Waals surface area contributed by atoms with E-state index in [9.17, 15) is 5.26 Å². The average Bonchev–Trinajstić information content (AvgIpc) is 3.98. The van der Waals surface area contributed by atoms with Gasteiger partial charge < -0.3 is 18.0 Å². The second kappa shape index (κ2) is 11.2. The van der Waals surface area contributed by atoms with Gasteiger partial charge in [-0.05, 0) is 71.8 Å². The van der Waals surface area contributed by atoms with Gasteiger partial charge in [0.15, 0.2) is 5.69 Å². The zero-order chi connectivity index (χ0) is 37.1. The fourth-order valence-corrected chi connectivity index (χ4v) is 8.91. The number of hydrogen-bond acceptors (Lipinski definition) is 3. The minimum absolute atomic E-state index is 0.464. The molecule has 4 heterocycles. The lowest BCUT2D eigenvalue weighted by Crippen LogP contribution is -1.97. The van der Waals surface area contributed by atoms with Crippen LogP contribution in [-0.2, 0) is 0 Å². The molecule has 12 rings (SSSR count). The van der Waals surface area contributed by atoms with E-state index in [1.807, 2.05) is 84.9 Å². The normalized spacial score (nSPS) is 11.9. The predicted molar refractivity (Wildman–Crippen MR) is 226 cm³/mol. The van der Waals surface area contributed by atoms with Crippen LogP contribution in [0.5, 0.6) is 0 Å². The topological polar surface area (TPSA) is 64.3 Å². The van der Waals surface area contributed by atoms with E-state index in [0.29, 0.717) is 22.4 Å². The Kier molecular flexibility index (Phi) is 6.10. The summed E-state index contributed by atoms with van der Waals surface area (Å²) in [4.78, 5) is 4.03. The highest BCUT2D eigenvalue weighted by atomic mass is 16.3. The van der Waals surface area contributed by atoms with Crippen molar-refractivity contribution in [1.29, 1.82) is 5.26 Å². The summed E-state index contributed by atoms with van der Waals surface area (Å²) >= 11 is 0. The number of nitriles is 1. The number of hydrogen-bond donors (Lipinski definition) is 0. The molecule has 258 valence electrons. The first-order chi connectivity index (χ1) is 27.7. The van der Waals surface area contributed by atoms with E-state index in [0.717, 1.165) is 98.9 Å². The van der Waals surface area contributed by atoms with Crippen LogP contribution >= 0.6 is 0 Å². The van der Waals surface area contributed by atoms with Gasteiger partial charge in [0.05, 0.1) is 40.3 Å². The second-order valence-corrected chi connectivity index (χ2v) is 14.3. The van der Waals surface area contributed by atoms with Gasteiger partial charge in [0.25, 0.3) is 0 Å². The third-order valence-electron chi connectivity index (χ3n) is 11.4. The minimum atomic E-state index is 0.464. The van der Waals surface area contributed by atoms with Crippen molar-refractivity contribution in [2.75, 3.05) is 0 Å². The summed E-state index contributed by atoms with van der Waals surface area (Å²) in [6.07, 6.45) is 0. The van der Waals surface area contributed by atoms with Crippen LogP contribution in [-0.4, -0.2) is 9.13 Å². The Labute approximate surface area is 318 Å². The molecule has 4 aromatic heterocycles. The first kappa shape index (κ1) is 30.4. The molecule has 0 spiro atoms. The summed E-state index contributed by atoms with van der Waals surface area (Å²) in [5.41, 5.74) is 11.5. The Hall–Kier alpha value is -8.06. The van der Waals surface area contributed by atoms with Crippen LogP contribution in [0.25, 0.3) is 115 Å². The molecule has 0 atom stereocenters. The number of rotatable bonds is 3. The van der Waals surface area contributed by atoms with E-state index >= 15 is 0 Å². The second-order valence-electron chi connectivity index (χ2n) is 14.3. The number of nitrogens with zero attached hydrogens (tertiary/aromatic N) is 4. The van der Waals surface area contributed by atoms with Crippen molar-refractivity contribution < 1.29 is 8.83 Å². The van der Waals surface area contributed by atoms with Crippen LogP contribution < -0.4 is 0 Å². The molecule has 56 heavy (non-hydrogen) atoms. The molecule has 6 heteroatoms. The maximum Gasteiger partial charge on any atom is 0.197 e. The highest BCUT2D eigenvalue weighted by Gasteiger charge is 2.20. The van der Waals surface area contributed by atoms with Gasteiger partial charge in [-0.1, -0.05) is 84.9 Å². The van der Waals surface area contributed by atoms with E-state index in [2.05, 4.69) is 92.8 Å². The Morgan fingerprint density at radius 1 is 0.429 bits per heavy atom. The van der Waals surface area contributed by atoms with Crippen LogP contribution in [0, 0.1) is 17.9 Å². The Balaban J connectivity index is 1.02. The van der Waals surface area contributed by atoms with Crippen molar-refractivity contribution >= 4 is 93.2 Å². The number of furan rings is 2. The van der Waals surface area contributed by atoms with Gasteiger partial charge in [0.1, 0.15) is 22.3 Å². The molecule has 0 radical (unpaired) electrons. The molecule has 0 saturated carbocycles. The van der Waals surface area contributed by atoms with Gasteiger partial charge >= 0.3 is 0 Å². The summed E-state index contributed by atoms with van der Waals surface area (Å²) in [5.74, 6) is 0. The monoisotopic (exact) mass is 714 g/mol. The Morgan fingerprint density at radius 3 is 1.45 bits per heavy atom. The molecular formula is C50H26N4O2. The number of aromatic nitrogens is 2. The van der Waals surface area contributed by atoms with E-state index in [4.69, 9.17) is 15.4 Å². The molecule has 0 unspecified atom stereocenters. The molecule has 6 nitrogen and oxygen atoms in total. The molecule has 0 aliphatic heterocycles. The van der Waals surface area contributed by atoms with E-state index in [1.165, 1.54) is 0 Å². The van der Waals surface area contributed by atoms with Gasteiger partial charge in [-0.2, -0.15) is 5.26 Å². The molecule has 12 aromatic rings. The SMILES string of the molecule is [C-]#[N+]c1cc(-n2c3ccccc3c3cc4c(cc32)oc2ccccc24)ccc1-c1ccc(-n2c3ccccc3c3cc4c(cc32)oc2ccccc24)cc1C#N. The first-order valence-corrected chi connectivity index (χ1v) is 18.4. The van der Waals surface area contributed by atoms with Crippen LogP contribution in [0.15, 0.2) is 167 Å². The number of benzene rings is 8. The van der Waals surface area contributed by atoms with Gasteiger partial charge in [-0.15, -0.1) is 0 Å². The summed E-state index contributed by atoms with van der Waals surface area (Å²) in [6.45, 7) is 8.33. The van der Waals surface area contributed by atoms with Crippen LogP contribution in [0.3, 0.4) is 0 Å². The molecule has 0 N–H and O–H groups in total. The lowest BCUT2D eigenvalue weighted by Gasteiger charge is -2.14. The fraction of sp³-hybridized carbons (Fsp3) is 0. The van der Waals surface area contributed by atoms with E-state index in [-0.39, 0.29) is 0 Å².